The quantitative estimate of drug-likeness (QED) is 0.124. The molecule has 0 spiro atoms. The first-order chi connectivity index (χ1) is 12.6. The number of hydrogen-bond donors (Lipinski definition) is 0. The molecular weight excluding hydrogens is 371 g/mol. The Kier molecular flexibility index (Phi) is 25.8. The molecule has 4 nitrogen and oxygen atoms in total. The van der Waals surface area contributed by atoms with Crippen LogP contribution in [0.3, 0.4) is 0 Å². The van der Waals surface area contributed by atoms with Gasteiger partial charge in [-0.15, -0.1) is 0 Å². The van der Waals surface area contributed by atoms with E-state index in [0.29, 0.717) is 6.42 Å². The summed E-state index contributed by atoms with van der Waals surface area (Å²) in [6.07, 6.45) is 24.7. The molecule has 0 N–H and O–H groups in total. The Morgan fingerprint density at radius 2 is 0.815 bits per heavy atom. The minimum atomic E-state index is -4.50. The van der Waals surface area contributed by atoms with E-state index in [1.165, 1.54) is 103 Å². The number of unbranched alkanes of at least 4 members (excludes halogenated alkanes) is 18. The molecule has 0 atom stereocenters. The second-order valence-corrected chi connectivity index (χ2v) is 8.65. The van der Waals surface area contributed by atoms with E-state index in [-0.39, 0.29) is 36.2 Å². The van der Waals surface area contributed by atoms with Crippen molar-refractivity contribution in [1.29, 1.82) is 0 Å². The number of rotatable bonds is 21. The Morgan fingerprint density at radius 1 is 0.556 bits per heavy atom. The minimum absolute atomic E-state index is 0. The van der Waals surface area contributed by atoms with Crippen LogP contribution in [0.5, 0.6) is 0 Å². The van der Waals surface area contributed by atoms with Crippen molar-refractivity contribution in [2.45, 2.75) is 129 Å². The smallest absolute Gasteiger partial charge is 0.726 e. The molecule has 0 aromatic rings. The van der Waals surface area contributed by atoms with E-state index in [9.17, 15) is 13.0 Å². The third kappa shape index (κ3) is 29.2. The Hall–Kier alpha value is 0.870. The zero-order chi connectivity index (χ0) is 19.3. The third-order valence-electron chi connectivity index (χ3n) is 4.98. The Balaban J connectivity index is 0. The summed E-state index contributed by atoms with van der Waals surface area (Å²) < 4.78 is 34.9. The van der Waals surface area contributed by atoms with Crippen LogP contribution in [0.1, 0.15) is 129 Å². The Labute approximate surface area is 191 Å². The van der Waals surface area contributed by atoms with Gasteiger partial charge in [0.15, 0.2) is 0 Å². The van der Waals surface area contributed by atoms with Crippen molar-refractivity contribution in [1.82, 2.24) is 0 Å². The van der Waals surface area contributed by atoms with Crippen molar-refractivity contribution in [3.63, 3.8) is 0 Å². The van der Waals surface area contributed by atoms with E-state index in [1.54, 1.807) is 0 Å². The fraction of sp³-hybridized carbons (Fsp3) is 1.00. The molecule has 158 valence electrons. The summed E-state index contributed by atoms with van der Waals surface area (Å²) >= 11 is 0. The van der Waals surface area contributed by atoms with Crippen molar-refractivity contribution in [2.24, 2.45) is 0 Å². The third-order valence-corrected chi connectivity index (χ3v) is 5.43. The van der Waals surface area contributed by atoms with Gasteiger partial charge in [-0.05, 0) is 6.42 Å². The molecule has 0 fully saturated rings. The van der Waals surface area contributed by atoms with Crippen LogP contribution in [0.25, 0.3) is 0 Å². The van der Waals surface area contributed by atoms with Gasteiger partial charge in [-0.3, -0.25) is 4.18 Å². The largest absolute Gasteiger partial charge is 1.00 e. The van der Waals surface area contributed by atoms with Crippen molar-refractivity contribution >= 4 is 10.4 Å². The Bertz CT molecular complexity index is 374. The molecule has 6 heteroatoms. The zero-order valence-corrected chi connectivity index (χ0v) is 21.0. The van der Waals surface area contributed by atoms with Crippen LogP contribution in [-0.4, -0.2) is 19.6 Å². The van der Waals surface area contributed by atoms with Gasteiger partial charge in [0, 0.05) is 0 Å². The van der Waals surface area contributed by atoms with E-state index < -0.39 is 10.4 Å². The molecule has 0 radical (unpaired) electrons. The van der Waals surface area contributed by atoms with Crippen LogP contribution in [0, 0.1) is 0 Å². The molecule has 0 heterocycles. The van der Waals surface area contributed by atoms with E-state index in [2.05, 4.69) is 11.1 Å². The predicted molar refractivity (Wildman–Crippen MR) is 109 cm³/mol. The van der Waals surface area contributed by atoms with Crippen molar-refractivity contribution in [2.75, 3.05) is 6.61 Å². The molecule has 0 unspecified atom stereocenters. The standard InChI is InChI=1S/C21H44O4S.Na/c1-2-3-4-5-6-7-8-9-10-11-12-13-14-15-16-17-18-19-20-21-25-26(22,23)24;/h2-21H2,1H3,(H,22,23,24);/q;+1/p-1. The second kappa shape index (κ2) is 23.2. The Morgan fingerprint density at radius 3 is 1.07 bits per heavy atom. The SMILES string of the molecule is CCCCCCCCCCCCCCCCCCCCCOS(=O)(=O)[O-].[Na+]. The van der Waals surface area contributed by atoms with E-state index in [4.69, 9.17) is 0 Å². The zero-order valence-electron chi connectivity index (χ0n) is 18.2. The summed E-state index contributed by atoms with van der Waals surface area (Å²) in [7, 11) is -4.50. The fourth-order valence-corrected chi connectivity index (χ4v) is 3.66. The summed E-state index contributed by atoms with van der Waals surface area (Å²) in [5.41, 5.74) is 0. The van der Waals surface area contributed by atoms with Crippen molar-refractivity contribution in [3.8, 4) is 0 Å². The van der Waals surface area contributed by atoms with E-state index in [0.717, 1.165) is 12.8 Å². The van der Waals surface area contributed by atoms with Gasteiger partial charge in [0.2, 0.25) is 10.4 Å². The van der Waals surface area contributed by atoms with E-state index >= 15 is 0 Å². The summed E-state index contributed by atoms with van der Waals surface area (Å²) in [6.45, 7) is 2.30. The van der Waals surface area contributed by atoms with Crippen LogP contribution in [0.4, 0.5) is 0 Å². The maximum atomic E-state index is 10.2. The maximum absolute atomic E-state index is 10.2. The molecule has 0 saturated heterocycles. The van der Waals surface area contributed by atoms with Gasteiger partial charge in [0.1, 0.15) is 0 Å². The molecule has 0 aliphatic rings. The molecular formula is C21H43NaO4S. The van der Waals surface area contributed by atoms with Gasteiger partial charge in [0.25, 0.3) is 0 Å². The van der Waals surface area contributed by atoms with Crippen LogP contribution in [-0.2, 0) is 14.6 Å². The van der Waals surface area contributed by atoms with E-state index in [1.807, 2.05) is 0 Å². The van der Waals surface area contributed by atoms with Gasteiger partial charge in [-0.1, -0.05) is 122 Å². The van der Waals surface area contributed by atoms with Gasteiger partial charge >= 0.3 is 29.6 Å². The number of hydrogen-bond acceptors (Lipinski definition) is 4. The molecule has 0 saturated carbocycles. The predicted octanol–water partition coefficient (Wildman–Crippen LogP) is 3.90. The van der Waals surface area contributed by atoms with Gasteiger partial charge < -0.3 is 4.55 Å². The van der Waals surface area contributed by atoms with Crippen molar-refractivity contribution < 1.29 is 46.7 Å². The molecule has 0 aliphatic heterocycles. The normalized spacial score (nSPS) is 11.5. The minimum Gasteiger partial charge on any atom is -0.726 e. The van der Waals surface area contributed by atoms with Gasteiger partial charge in [0.05, 0.1) is 6.61 Å². The average Bonchev–Trinajstić information content (AvgIpc) is 2.59. The second-order valence-electron chi connectivity index (χ2n) is 7.59. The fourth-order valence-electron chi connectivity index (χ4n) is 3.34. The van der Waals surface area contributed by atoms with Gasteiger partial charge in [-0.25, -0.2) is 8.42 Å². The topological polar surface area (TPSA) is 66.4 Å². The van der Waals surface area contributed by atoms with Crippen LogP contribution >= 0.6 is 0 Å². The molecule has 0 aromatic carbocycles. The maximum Gasteiger partial charge on any atom is 1.00 e. The molecule has 0 bridgehead atoms. The summed E-state index contributed by atoms with van der Waals surface area (Å²) in [4.78, 5) is 0. The van der Waals surface area contributed by atoms with Crippen molar-refractivity contribution in [3.05, 3.63) is 0 Å². The molecule has 0 rings (SSSR count). The molecule has 27 heavy (non-hydrogen) atoms. The first-order valence-electron chi connectivity index (χ1n) is 11.2. The summed E-state index contributed by atoms with van der Waals surface area (Å²) in [6, 6.07) is 0. The van der Waals surface area contributed by atoms with Crippen LogP contribution < -0.4 is 29.6 Å². The van der Waals surface area contributed by atoms with Crippen LogP contribution in [0.15, 0.2) is 0 Å². The summed E-state index contributed by atoms with van der Waals surface area (Å²) in [5.74, 6) is 0. The first-order valence-corrected chi connectivity index (χ1v) is 12.5. The average molecular weight is 415 g/mol. The van der Waals surface area contributed by atoms with Gasteiger partial charge in [-0.2, -0.15) is 0 Å². The molecule has 0 aromatic heterocycles. The molecule has 0 amide bonds. The summed E-state index contributed by atoms with van der Waals surface area (Å²) in [5, 5.41) is 0. The first kappa shape index (κ1) is 30.1. The van der Waals surface area contributed by atoms with Crippen LogP contribution in [0.2, 0.25) is 0 Å². The monoisotopic (exact) mass is 414 g/mol. The molecule has 0 aliphatic carbocycles.